The van der Waals surface area contributed by atoms with Gasteiger partial charge in [0.15, 0.2) is 0 Å². The van der Waals surface area contributed by atoms with Crippen LogP contribution >= 0.6 is 23.2 Å². The van der Waals surface area contributed by atoms with E-state index in [2.05, 4.69) is 12.2 Å². The first-order chi connectivity index (χ1) is 8.08. The van der Waals surface area contributed by atoms with E-state index in [0.717, 1.165) is 5.69 Å². The summed E-state index contributed by atoms with van der Waals surface area (Å²) in [7, 11) is 0. The minimum atomic E-state index is 0.489. The Labute approximate surface area is 112 Å². The molecule has 2 unspecified atom stereocenters. The number of nitrogen functional groups attached to an aromatic ring is 1. The Balaban J connectivity index is 2.15. The molecule has 1 aromatic rings. The van der Waals surface area contributed by atoms with E-state index in [4.69, 9.17) is 28.9 Å². The number of anilines is 2. The molecule has 4 heteroatoms. The Kier molecular flexibility index (Phi) is 4.05. The van der Waals surface area contributed by atoms with E-state index < -0.39 is 0 Å². The summed E-state index contributed by atoms with van der Waals surface area (Å²) in [4.78, 5) is 0. The van der Waals surface area contributed by atoms with Gasteiger partial charge in [0, 0.05) is 6.04 Å². The first kappa shape index (κ1) is 12.8. The lowest BCUT2D eigenvalue weighted by molar-refractivity contribution is 0.349. The molecule has 1 aliphatic rings. The number of hydrogen-bond donors (Lipinski definition) is 2. The summed E-state index contributed by atoms with van der Waals surface area (Å²) in [6.07, 6.45) is 5.08. The van der Waals surface area contributed by atoms with E-state index in [-0.39, 0.29) is 0 Å². The Morgan fingerprint density at radius 2 is 1.82 bits per heavy atom. The molecule has 1 saturated carbocycles. The van der Waals surface area contributed by atoms with Crippen molar-refractivity contribution < 1.29 is 0 Å². The molecule has 0 aromatic heterocycles. The second kappa shape index (κ2) is 5.36. The number of hydrogen-bond acceptors (Lipinski definition) is 2. The van der Waals surface area contributed by atoms with Gasteiger partial charge < -0.3 is 11.1 Å². The molecule has 0 saturated heterocycles. The van der Waals surface area contributed by atoms with Crippen LogP contribution in [-0.2, 0) is 0 Å². The molecule has 0 spiro atoms. The highest BCUT2D eigenvalue weighted by molar-refractivity contribution is 6.42. The van der Waals surface area contributed by atoms with Crippen LogP contribution in [0.3, 0.4) is 0 Å². The van der Waals surface area contributed by atoms with E-state index in [0.29, 0.717) is 27.7 Å². The van der Waals surface area contributed by atoms with Crippen LogP contribution in [0.5, 0.6) is 0 Å². The predicted molar refractivity (Wildman–Crippen MR) is 75.9 cm³/mol. The van der Waals surface area contributed by atoms with Crippen molar-refractivity contribution in [3.05, 3.63) is 22.2 Å². The van der Waals surface area contributed by atoms with E-state index in [9.17, 15) is 0 Å². The third-order valence-corrected chi connectivity index (χ3v) is 4.27. The van der Waals surface area contributed by atoms with Crippen LogP contribution in [0.2, 0.25) is 10.0 Å². The van der Waals surface area contributed by atoms with E-state index in [1.54, 1.807) is 6.07 Å². The van der Waals surface area contributed by atoms with Crippen molar-refractivity contribution >= 4 is 34.6 Å². The lowest BCUT2D eigenvalue weighted by Gasteiger charge is -2.30. The molecule has 1 aliphatic carbocycles. The van der Waals surface area contributed by atoms with Gasteiger partial charge in [-0.1, -0.05) is 43.0 Å². The Morgan fingerprint density at radius 1 is 1.18 bits per heavy atom. The minimum Gasteiger partial charge on any atom is -0.397 e. The van der Waals surface area contributed by atoms with Crippen LogP contribution in [0.15, 0.2) is 12.1 Å². The lowest BCUT2D eigenvalue weighted by Crippen LogP contribution is -2.30. The summed E-state index contributed by atoms with van der Waals surface area (Å²) >= 11 is 11.9. The smallest absolute Gasteiger partial charge is 0.0614 e. The van der Waals surface area contributed by atoms with Crippen LogP contribution < -0.4 is 11.1 Å². The molecule has 0 amide bonds. The van der Waals surface area contributed by atoms with E-state index in [1.807, 2.05) is 6.07 Å². The highest BCUT2D eigenvalue weighted by Gasteiger charge is 2.21. The first-order valence-electron chi connectivity index (χ1n) is 6.09. The van der Waals surface area contributed by atoms with Gasteiger partial charge in [-0.15, -0.1) is 0 Å². The molecule has 0 aliphatic heterocycles. The maximum Gasteiger partial charge on any atom is 0.0614 e. The zero-order valence-corrected chi connectivity index (χ0v) is 11.5. The zero-order valence-electron chi connectivity index (χ0n) is 9.97. The summed E-state index contributed by atoms with van der Waals surface area (Å²) in [5.74, 6) is 0.678. The van der Waals surface area contributed by atoms with Crippen molar-refractivity contribution in [2.24, 2.45) is 5.92 Å². The molecule has 0 heterocycles. The average Bonchev–Trinajstić information content (AvgIpc) is 2.29. The second-order valence-corrected chi connectivity index (χ2v) is 5.68. The fourth-order valence-corrected chi connectivity index (χ4v) is 2.75. The largest absolute Gasteiger partial charge is 0.397 e. The van der Waals surface area contributed by atoms with Crippen LogP contribution in [0.25, 0.3) is 0 Å². The molecule has 1 fully saturated rings. The van der Waals surface area contributed by atoms with Gasteiger partial charge >= 0.3 is 0 Å². The van der Waals surface area contributed by atoms with Crippen LogP contribution in [-0.4, -0.2) is 6.04 Å². The van der Waals surface area contributed by atoms with Gasteiger partial charge in [-0.3, -0.25) is 0 Å². The third-order valence-electron chi connectivity index (χ3n) is 3.54. The van der Waals surface area contributed by atoms with E-state index in [1.165, 1.54) is 25.7 Å². The molecule has 17 heavy (non-hydrogen) atoms. The highest BCUT2D eigenvalue weighted by Crippen LogP contribution is 2.33. The maximum absolute atomic E-state index is 6.01. The maximum atomic E-state index is 6.01. The molecule has 2 atom stereocenters. The molecule has 2 nitrogen and oxygen atoms in total. The SMILES string of the molecule is CC1CCCCC1Nc1cc(Cl)c(Cl)cc1N. The Hall–Kier alpha value is -0.600. The van der Waals surface area contributed by atoms with Crippen molar-refractivity contribution in [2.45, 2.75) is 38.6 Å². The Bertz CT molecular complexity index is 407. The number of rotatable bonds is 2. The zero-order chi connectivity index (χ0) is 12.4. The number of halogens is 2. The van der Waals surface area contributed by atoms with Crippen molar-refractivity contribution in [3.8, 4) is 0 Å². The van der Waals surface area contributed by atoms with Gasteiger partial charge in [-0.05, 0) is 30.9 Å². The van der Waals surface area contributed by atoms with Crippen molar-refractivity contribution in [2.75, 3.05) is 11.1 Å². The molecule has 0 bridgehead atoms. The molecule has 2 rings (SSSR count). The van der Waals surface area contributed by atoms with Gasteiger partial charge in [0.2, 0.25) is 0 Å². The number of nitrogens with two attached hydrogens (primary N) is 1. The topological polar surface area (TPSA) is 38.0 Å². The van der Waals surface area contributed by atoms with Crippen LogP contribution in [0, 0.1) is 5.92 Å². The van der Waals surface area contributed by atoms with Crippen LogP contribution in [0.4, 0.5) is 11.4 Å². The molecule has 0 radical (unpaired) electrons. The molecular formula is C13H18Cl2N2. The van der Waals surface area contributed by atoms with Crippen molar-refractivity contribution in [3.63, 3.8) is 0 Å². The van der Waals surface area contributed by atoms with E-state index >= 15 is 0 Å². The molecule has 3 N–H and O–H groups in total. The minimum absolute atomic E-state index is 0.489. The normalized spacial score (nSPS) is 24.6. The number of benzene rings is 1. The second-order valence-electron chi connectivity index (χ2n) is 4.87. The average molecular weight is 273 g/mol. The summed E-state index contributed by atoms with van der Waals surface area (Å²) in [5.41, 5.74) is 7.51. The van der Waals surface area contributed by atoms with Crippen LogP contribution in [0.1, 0.15) is 32.6 Å². The summed E-state index contributed by atoms with van der Waals surface area (Å²) in [6, 6.07) is 4.02. The van der Waals surface area contributed by atoms with Gasteiger partial charge in [-0.2, -0.15) is 0 Å². The lowest BCUT2D eigenvalue weighted by atomic mass is 9.86. The monoisotopic (exact) mass is 272 g/mol. The van der Waals surface area contributed by atoms with Gasteiger partial charge in [0.1, 0.15) is 0 Å². The van der Waals surface area contributed by atoms with Gasteiger partial charge in [0.05, 0.1) is 21.4 Å². The summed E-state index contributed by atoms with van der Waals surface area (Å²) < 4.78 is 0. The Morgan fingerprint density at radius 3 is 2.53 bits per heavy atom. The quantitative estimate of drug-likeness (QED) is 0.775. The summed E-state index contributed by atoms with van der Waals surface area (Å²) in [5, 5.41) is 4.55. The standard InChI is InChI=1S/C13H18Cl2N2/c1-8-4-2-3-5-12(8)17-13-7-10(15)9(14)6-11(13)16/h6-8,12,17H,2-5,16H2,1H3. The molecule has 1 aromatic carbocycles. The summed E-state index contributed by atoms with van der Waals surface area (Å²) in [6.45, 7) is 2.28. The highest BCUT2D eigenvalue weighted by atomic mass is 35.5. The van der Waals surface area contributed by atoms with Gasteiger partial charge in [0.25, 0.3) is 0 Å². The fraction of sp³-hybridized carbons (Fsp3) is 0.538. The van der Waals surface area contributed by atoms with Gasteiger partial charge in [-0.25, -0.2) is 0 Å². The number of nitrogens with one attached hydrogen (secondary N) is 1. The third kappa shape index (κ3) is 2.99. The van der Waals surface area contributed by atoms with Crippen molar-refractivity contribution in [1.82, 2.24) is 0 Å². The molecule has 94 valence electrons. The fourth-order valence-electron chi connectivity index (χ4n) is 2.42. The van der Waals surface area contributed by atoms with Crippen molar-refractivity contribution in [1.29, 1.82) is 0 Å². The molecular weight excluding hydrogens is 255 g/mol. The predicted octanol–water partition coefficient (Wildman–Crippen LogP) is 4.57. The first-order valence-corrected chi connectivity index (χ1v) is 6.84.